The third kappa shape index (κ3) is 37.6. The van der Waals surface area contributed by atoms with Crippen molar-refractivity contribution in [1.29, 1.82) is 0 Å². The summed E-state index contributed by atoms with van der Waals surface area (Å²) in [6.45, 7) is 6.72. The topological polar surface area (TPSA) is 72.8 Å². The van der Waals surface area contributed by atoms with Crippen molar-refractivity contribution < 1.29 is 24.2 Å². The summed E-state index contributed by atoms with van der Waals surface area (Å²) in [6.07, 6.45) is 40.2. The second-order valence-electron chi connectivity index (χ2n) is 14.7. The van der Waals surface area contributed by atoms with Crippen LogP contribution in [0.15, 0.2) is 0 Å². The maximum absolute atomic E-state index is 12.0. The minimum atomic E-state index is -0.954. The van der Waals surface area contributed by atoms with Crippen LogP contribution >= 0.6 is 0 Å². The van der Waals surface area contributed by atoms with E-state index in [1.807, 2.05) is 0 Å². The van der Waals surface area contributed by atoms with Crippen molar-refractivity contribution in [2.45, 2.75) is 239 Å². The molecule has 0 amide bonds. The summed E-state index contributed by atoms with van der Waals surface area (Å²) in [7, 11) is 0. The zero-order valence-corrected chi connectivity index (χ0v) is 32.0. The fourth-order valence-electron chi connectivity index (χ4n) is 6.30. The van der Waals surface area contributed by atoms with E-state index in [1.165, 1.54) is 173 Å². The van der Waals surface area contributed by atoms with Gasteiger partial charge in [0.15, 0.2) is 0 Å². The summed E-state index contributed by atoms with van der Waals surface area (Å²) in [5.41, 5.74) is 0. The van der Waals surface area contributed by atoms with Crippen molar-refractivity contribution in [3.8, 4) is 0 Å². The largest absolute Gasteiger partial charge is 0.463 e. The Morgan fingerprint density at radius 2 is 0.723 bits per heavy atom. The van der Waals surface area contributed by atoms with Crippen LogP contribution in [-0.4, -0.2) is 36.4 Å². The van der Waals surface area contributed by atoms with E-state index < -0.39 is 6.10 Å². The first-order valence-electron chi connectivity index (χ1n) is 21.0. The number of carbonyl (C=O) groups excluding carboxylic acids is 2. The molecule has 0 spiro atoms. The Balaban J connectivity index is 3.35. The number of unbranched alkanes of at least 4 members (excludes halogenated alkanes) is 27. The highest BCUT2D eigenvalue weighted by atomic mass is 16.6. The number of aliphatic hydroxyl groups is 1. The van der Waals surface area contributed by atoms with Gasteiger partial charge in [-0.25, -0.2) is 0 Å². The Hall–Kier alpha value is -1.10. The molecule has 0 bridgehead atoms. The van der Waals surface area contributed by atoms with Crippen LogP contribution < -0.4 is 0 Å². The lowest BCUT2D eigenvalue weighted by molar-refractivity contribution is -0.152. The van der Waals surface area contributed by atoms with Gasteiger partial charge in [0.05, 0.1) is 0 Å². The van der Waals surface area contributed by atoms with Crippen molar-refractivity contribution in [3.05, 3.63) is 0 Å². The van der Waals surface area contributed by atoms with Gasteiger partial charge in [-0.15, -0.1) is 0 Å². The first-order chi connectivity index (χ1) is 23.0. The maximum Gasteiger partial charge on any atom is 0.305 e. The van der Waals surface area contributed by atoms with Gasteiger partial charge in [0.2, 0.25) is 0 Å². The third-order valence-corrected chi connectivity index (χ3v) is 9.88. The Labute approximate surface area is 293 Å². The van der Waals surface area contributed by atoms with Crippen LogP contribution in [0, 0.1) is 5.92 Å². The van der Waals surface area contributed by atoms with Gasteiger partial charge in [-0.3, -0.25) is 9.59 Å². The molecule has 280 valence electrons. The lowest BCUT2D eigenvalue weighted by Crippen LogP contribution is -2.25. The highest BCUT2D eigenvalue weighted by Gasteiger charge is 2.12. The molecule has 0 heterocycles. The third-order valence-electron chi connectivity index (χ3n) is 9.88. The van der Waals surface area contributed by atoms with Crippen LogP contribution in [-0.2, 0) is 19.1 Å². The average Bonchev–Trinajstić information content (AvgIpc) is 3.07. The van der Waals surface area contributed by atoms with Crippen LogP contribution in [0.25, 0.3) is 0 Å². The van der Waals surface area contributed by atoms with Gasteiger partial charge in [-0.05, 0) is 18.8 Å². The van der Waals surface area contributed by atoms with Crippen molar-refractivity contribution in [2.24, 2.45) is 5.92 Å². The quantitative estimate of drug-likeness (QED) is 0.0524. The fraction of sp³-hybridized carbons (Fsp3) is 0.952. The molecule has 0 radical (unpaired) electrons. The number of ether oxygens (including phenoxy) is 2. The van der Waals surface area contributed by atoms with Crippen molar-refractivity contribution >= 4 is 11.9 Å². The van der Waals surface area contributed by atoms with Gasteiger partial charge in [-0.2, -0.15) is 0 Å². The van der Waals surface area contributed by atoms with E-state index >= 15 is 0 Å². The standard InChI is InChI=1S/C42H82O5/c1-4-6-7-8-9-10-19-23-26-29-32-35-41(44)46-37-40(43)38-47-42(45)36-33-30-27-24-21-18-16-14-12-11-13-15-17-20-22-25-28-31-34-39(3)5-2/h39-40,43H,4-38H2,1-3H3/t39?,40-/m0/s1. The maximum atomic E-state index is 12.0. The molecule has 0 aliphatic rings. The molecule has 2 atom stereocenters. The molecule has 0 fully saturated rings. The van der Waals surface area contributed by atoms with Gasteiger partial charge >= 0.3 is 11.9 Å². The second kappa shape index (κ2) is 37.7. The fourth-order valence-corrected chi connectivity index (χ4v) is 6.30. The monoisotopic (exact) mass is 667 g/mol. The van der Waals surface area contributed by atoms with Crippen molar-refractivity contribution in [1.82, 2.24) is 0 Å². The molecule has 1 unspecified atom stereocenters. The molecule has 0 aliphatic heterocycles. The summed E-state index contributed by atoms with van der Waals surface area (Å²) in [6, 6.07) is 0. The molecule has 47 heavy (non-hydrogen) atoms. The molecule has 0 aromatic rings. The minimum Gasteiger partial charge on any atom is -0.463 e. The highest BCUT2D eigenvalue weighted by Crippen LogP contribution is 2.17. The lowest BCUT2D eigenvalue weighted by Gasteiger charge is -2.12. The Bertz CT molecular complexity index is 651. The summed E-state index contributed by atoms with van der Waals surface area (Å²) >= 11 is 0. The Morgan fingerprint density at radius 3 is 1.02 bits per heavy atom. The molecule has 1 N–H and O–H groups in total. The number of carbonyl (C=O) groups is 2. The number of hydrogen-bond donors (Lipinski definition) is 1. The smallest absolute Gasteiger partial charge is 0.305 e. The van der Waals surface area contributed by atoms with Crippen LogP contribution in [0.4, 0.5) is 0 Å². The zero-order chi connectivity index (χ0) is 34.5. The van der Waals surface area contributed by atoms with Crippen LogP contribution in [0.5, 0.6) is 0 Å². The van der Waals surface area contributed by atoms with Crippen molar-refractivity contribution in [2.75, 3.05) is 13.2 Å². The minimum absolute atomic E-state index is 0.108. The van der Waals surface area contributed by atoms with Gasteiger partial charge in [0, 0.05) is 12.8 Å². The summed E-state index contributed by atoms with van der Waals surface area (Å²) in [5.74, 6) is 0.365. The molecule has 0 aliphatic carbocycles. The number of aliphatic hydroxyl groups excluding tert-OH is 1. The predicted octanol–water partition coefficient (Wildman–Crippen LogP) is 13.0. The van der Waals surface area contributed by atoms with Gasteiger partial charge in [0.1, 0.15) is 19.3 Å². The molecule has 0 rings (SSSR count). The molecule has 5 nitrogen and oxygen atoms in total. The van der Waals surface area contributed by atoms with Gasteiger partial charge in [0.25, 0.3) is 0 Å². The van der Waals surface area contributed by atoms with Crippen LogP contribution in [0.1, 0.15) is 233 Å². The van der Waals surface area contributed by atoms with E-state index in [9.17, 15) is 14.7 Å². The molecule has 5 heteroatoms. The molecule has 0 aromatic heterocycles. The van der Waals surface area contributed by atoms with E-state index in [0.29, 0.717) is 12.8 Å². The predicted molar refractivity (Wildman–Crippen MR) is 201 cm³/mol. The van der Waals surface area contributed by atoms with Gasteiger partial charge in [-0.1, -0.05) is 207 Å². The van der Waals surface area contributed by atoms with E-state index in [2.05, 4.69) is 20.8 Å². The molecule has 0 saturated carbocycles. The zero-order valence-electron chi connectivity index (χ0n) is 32.0. The number of esters is 2. The highest BCUT2D eigenvalue weighted by molar-refractivity contribution is 5.69. The normalized spacial score (nSPS) is 12.7. The SMILES string of the molecule is CCCCCCCCCCCCCC(=O)OC[C@H](O)COC(=O)CCCCCCCCCCCCCCCCCCCCC(C)CC. The lowest BCUT2D eigenvalue weighted by atomic mass is 9.99. The van der Waals surface area contributed by atoms with Gasteiger partial charge < -0.3 is 14.6 Å². The molecule has 0 saturated heterocycles. The van der Waals surface area contributed by atoms with E-state index in [4.69, 9.17) is 9.47 Å². The van der Waals surface area contributed by atoms with Crippen LogP contribution in [0.2, 0.25) is 0 Å². The summed E-state index contributed by atoms with van der Waals surface area (Å²) in [4.78, 5) is 23.9. The first-order valence-corrected chi connectivity index (χ1v) is 21.0. The van der Waals surface area contributed by atoms with E-state index in [1.54, 1.807) is 0 Å². The van der Waals surface area contributed by atoms with E-state index in [0.717, 1.165) is 31.6 Å². The van der Waals surface area contributed by atoms with Crippen molar-refractivity contribution in [3.63, 3.8) is 0 Å². The first kappa shape index (κ1) is 45.9. The molecule has 0 aromatic carbocycles. The second-order valence-corrected chi connectivity index (χ2v) is 14.7. The van der Waals surface area contributed by atoms with Crippen LogP contribution in [0.3, 0.4) is 0 Å². The number of rotatable bonds is 38. The Morgan fingerprint density at radius 1 is 0.447 bits per heavy atom. The summed E-state index contributed by atoms with van der Waals surface area (Å²) in [5, 5.41) is 10.0. The Kier molecular flexibility index (Phi) is 36.8. The molecular formula is C42H82O5. The van der Waals surface area contributed by atoms with E-state index in [-0.39, 0.29) is 25.2 Å². The molecular weight excluding hydrogens is 584 g/mol. The number of hydrogen-bond acceptors (Lipinski definition) is 5. The average molecular weight is 667 g/mol. The summed E-state index contributed by atoms with van der Waals surface area (Å²) < 4.78 is 10.3.